The van der Waals surface area contributed by atoms with Gasteiger partial charge in [0.15, 0.2) is 5.13 Å². The van der Waals surface area contributed by atoms with Crippen molar-refractivity contribution in [3.05, 3.63) is 9.98 Å². The van der Waals surface area contributed by atoms with Crippen molar-refractivity contribution in [2.45, 2.75) is 0 Å². The largest absolute Gasteiger partial charge is 0.480 e. The van der Waals surface area contributed by atoms with E-state index in [2.05, 4.69) is 31.5 Å². The molecule has 1 aromatic heterocycles. The van der Waals surface area contributed by atoms with Crippen LogP contribution in [0.25, 0.3) is 0 Å². The Morgan fingerprint density at radius 1 is 1.59 bits per heavy atom. The number of nitrogens with one attached hydrogen (secondary N) is 2. The minimum atomic E-state index is -1.04. The number of urea groups is 1. The number of aromatic nitrogens is 1. The van der Waals surface area contributed by atoms with E-state index in [1.54, 1.807) is 6.20 Å². The van der Waals surface area contributed by atoms with Crippen molar-refractivity contribution in [2.75, 3.05) is 25.1 Å². The van der Waals surface area contributed by atoms with E-state index < -0.39 is 12.0 Å². The second-order valence-electron chi connectivity index (χ2n) is 2.80. The van der Waals surface area contributed by atoms with Crippen molar-refractivity contribution in [1.29, 1.82) is 0 Å². The molecule has 0 aliphatic carbocycles. The molecule has 0 aliphatic rings. The van der Waals surface area contributed by atoms with Gasteiger partial charge in [-0.25, -0.2) is 14.6 Å². The Labute approximate surface area is 109 Å². The van der Waals surface area contributed by atoms with E-state index in [-0.39, 0.29) is 19.8 Å². The molecule has 1 heterocycles. The fraction of sp³-hybridized carbons (Fsp3) is 0.375. The lowest BCUT2D eigenvalue weighted by Crippen LogP contribution is -2.31. The fourth-order valence-corrected chi connectivity index (χ4v) is 1.95. The molecular weight excluding hydrogens is 314 g/mol. The van der Waals surface area contributed by atoms with Crippen molar-refractivity contribution >= 4 is 44.4 Å². The smallest absolute Gasteiger partial charge is 0.329 e. The van der Waals surface area contributed by atoms with Gasteiger partial charge in [0.1, 0.15) is 6.61 Å². The van der Waals surface area contributed by atoms with Crippen LogP contribution in [0, 0.1) is 0 Å². The van der Waals surface area contributed by atoms with Crippen LogP contribution in [0.5, 0.6) is 0 Å². The number of hydrogen-bond donors (Lipinski definition) is 3. The molecule has 0 spiro atoms. The van der Waals surface area contributed by atoms with E-state index in [4.69, 9.17) is 9.84 Å². The lowest BCUT2D eigenvalue weighted by molar-refractivity contribution is -0.142. The van der Waals surface area contributed by atoms with E-state index in [1.807, 2.05) is 0 Å². The first-order valence-electron chi connectivity index (χ1n) is 4.53. The quantitative estimate of drug-likeness (QED) is 0.681. The van der Waals surface area contributed by atoms with E-state index in [0.717, 1.165) is 3.79 Å². The number of amides is 2. The third-order valence-corrected chi connectivity index (χ3v) is 2.85. The van der Waals surface area contributed by atoms with Gasteiger partial charge in [-0.05, 0) is 15.9 Å². The maximum Gasteiger partial charge on any atom is 0.329 e. The number of anilines is 1. The van der Waals surface area contributed by atoms with Gasteiger partial charge in [0, 0.05) is 6.54 Å². The molecule has 94 valence electrons. The number of nitrogens with zero attached hydrogens (tertiary/aromatic N) is 1. The first-order valence-corrected chi connectivity index (χ1v) is 6.14. The second kappa shape index (κ2) is 7.20. The van der Waals surface area contributed by atoms with Gasteiger partial charge in [0.25, 0.3) is 0 Å². The van der Waals surface area contributed by atoms with Crippen LogP contribution in [0.4, 0.5) is 9.93 Å². The summed E-state index contributed by atoms with van der Waals surface area (Å²) in [6.07, 6.45) is 1.58. The van der Waals surface area contributed by atoms with Crippen LogP contribution in [-0.4, -0.2) is 41.8 Å². The molecule has 0 aromatic carbocycles. The van der Waals surface area contributed by atoms with E-state index in [9.17, 15) is 9.59 Å². The van der Waals surface area contributed by atoms with Crippen molar-refractivity contribution < 1.29 is 19.4 Å². The highest BCUT2D eigenvalue weighted by molar-refractivity contribution is 9.11. The van der Waals surface area contributed by atoms with Gasteiger partial charge in [-0.3, -0.25) is 5.32 Å². The maximum absolute atomic E-state index is 11.3. The molecule has 3 N–H and O–H groups in total. The number of rotatable bonds is 6. The Hall–Kier alpha value is -1.19. The molecule has 0 bridgehead atoms. The summed E-state index contributed by atoms with van der Waals surface area (Å²) in [6.45, 7) is -0.00430. The van der Waals surface area contributed by atoms with Crippen LogP contribution in [0.15, 0.2) is 9.98 Å². The summed E-state index contributed by atoms with van der Waals surface area (Å²) in [5.41, 5.74) is 0. The SMILES string of the molecule is O=C(O)COCCNC(=O)Nc1ncc(Br)s1. The summed E-state index contributed by atoms with van der Waals surface area (Å²) >= 11 is 4.51. The number of hydrogen-bond acceptors (Lipinski definition) is 5. The third kappa shape index (κ3) is 6.19. The summed E-state index contributed by atoms with van der Waals surface area (Å²) in [6, 6.07) is -0.411. The number of carbonyl (C=O) groups excluding carboxylic acids is 1. The Morgan fingerprint density at radius 2 is 2.35 bits per heavy atom. The molecule has 0 atom stereocenters. The van der Waals surface area contributed by atoms with Crippen LogP contribution in [0.3, 0.4) is 0 Å². The Bertz CT molecular complexity index is 398. The molecule has 1 aromatic rings. The average Bonchev–Trinajstić information content (AvgIpc) is 2.63. The Kier molecular flexibility index (Phi) is 5.87. The predicted octanol–water partition coefficient (Wildman–Crippen LogP) is 1.13. The topological polar surface area (TPSA) is 101 Å². The Morgan fingerprint density at radius 3 is 2.94 bits per heavy atom. The zero-order valence-electron chi connectivity index (χ0n) is 8.60. The van der Waals surface area contributed by atoms with Gasteiger partial charge in [-0.15, -0.1) is 0 Å². The summed E-state index contributed by atoms with van der Waals surface area (Å²) in [7, 11) is 0. The zero-order chi connectivity index (χ0) is 12.7. The number of thiazole rings is 1. The van der Waals surface area contributed by atoms with Crippen molar-refractivity contribution in [3.8, 4) is 0 Å². The van der Waals surface area contributed by atoms with Crippen LogP contribution in [0.2, 0.25) is 0 Å². The third-order valence-electron chi connectivity index (χ3n) is 1.46. The summed E-state index contributed by atoms with van der Waals surface area (Å²) in [5.74, 6) is -1.04. The minimum absolute atomic E-state index is 0.140. The van der Waals surface area contributed by atoms with Crippen molar-refractivity contribution in [2.24, 2.45) is 0 Å². The van der Waals surface area contributed by atoms with Crippen LogP contribution >= 0.6 is 27.3 Å². The molecule has 0 saturated carbocycles. The number of carboxylic acid groups (broad SMARTS) is 1. The first kappa shape index (κ1) is 13.9. The van der Waals surface area contributed by atoms with Gasteiger partial charge in [0.05, 0.1) is 16.6 Å². The number of aliphatic carboxylic acids is 1. The monoisotopic (exact) mass is 323 g/mol. The molecule has 0 fully saturated rings. The van der Waals surface area contributed by atoms with E-state index in [1.165, 1.54) is 11.3 Å². The highest BCUT2D eigenvalue weighted by atomic mass is 79.9. The van der Waals surface area contributed by atoms with Crippen LogP contribution in [0.1, 0.15) is 0 Å². The van der Waals surface area contributed by atoms with E-state index in [0.29, 0.717) is 5.13 Å². The lowest BCUT2D eigenvalue weighted by Gasteiger charge is -2.04. The molecular formula is C8H10BrN3O4S. The normalized spacial score (nSPS) is 9.94. The van der Waals surface area contributed by atoms with Crippen LogP contribution in [-0.2, 0) is 9.53 Å². The molecule has 7 nitrogen and oxygen atoms in total. The molecule has 0 radical (unpaired) electrons. The number of carbonyl (C=O) groups is 2. The van der Waals surface area contributed by atoms with Crippen molar-refractivity contribution in [3.63, 3.8) is 0 Å². The summed E-state index contributed by atoms with van der Waals surface area (Å²) in [5, 5.41) is 13.8. The first-order chi connectivity index (χ1) is 8.08. The standard InChI is InChI=1S/C8H10BrN3O4S/c9-5-3-11-8(17-5)12-7(15)10-1-2-16-4-6(13)14/h3H,1-2,4H2,(H,13,14)(H2,10,11,12,15). The number of halogens is 1. The average molecular weight is 324 g/mol. The number of ether oxygens (including phenoxy) is 1. The summed E-state index contributed by atoms with van der Waals surface area (Å²) < 4.78 is 5.55. The van der Waals surface area contributed by atoms with Gasteiger partial charge < -0.3 is 15.2 Å². The highest BCUT2D eigenvalue weighted by Gasteiger charge is 2.04. The Balaban J connectivity index is 2.11. The minimum Gasteiger partial charge on any atom is -0.480 e. The van der Waals surface area contributed by atoms with Crippen LogP contribution < -0.4 is 10.6 Å². The molecule has 1 rings (SSSR count). The summed E-state index contributed by atoms with van der Waals surface area (Å²) in [4.78, 5) is 25.3. The predicted molar refractivity (Wildman–Crippen MR) is 65.3 cm³/mol. The van der Waals surface area contributed by atoms with Gasteiger partial charge >= 0.3 is 12.0 Å². The van der Waals surface area contributed by atoms with Gasteiger partial charge in [0.2, 0.25) is 0 Å². The highest BCUT2D eigenvalue weighted by Crippen LogP contribution is 2.22. The lowest BCUT2D eigenvalue weighted by atomic mass is 10.6. The molecule has 17 heavy (non-hydrogen) atoms. The number of carboxylic acids is 1. The van der Waals surface area contributed by atoms with Gasteiger partial charge in [-0.2, -0.15) is 0 Å². The molecule has 9 heteroatoms. The molecule has 0 unspecified atom stereocenters. The molecule has 2 amide bonds. The molecule has 0 aliphatic heterocycles. The van der Waals surface area contributed by atoms with E-state index >= 15 is 0 Å². The molecule has 0 saturated heterocycles. The fourth-order valence-electron chi connectivity index (χ4n) is 0.850. The van der Waals surface area contributed by atoms with Gasteiger partial charge in [-0.1, -0.05) is 11.3 Å². The second-order valence-corrected chi connectivity index (χ2v) is 5.21. The maximum atomic E-state index is 11.3. The van der Waals surface area contributed by atoms with Crippen molar-refractivity contribution in [1.82, 2.24) is 10.3 Å². The zero-order valence-corrected chi connectivity index (χ0v) is 11.0.